The fourth-order valence-corrected chi connectivity index (χ4v) is 3.96. The number of rotatable bonds is 7. The zero-order valence-electron chi connectivity index (χ0n) is 14.2. The molecule has 0 fully saturated rings. The van der Waals surface area contributed by atoms with Gasteiger partial charge in [-0.25, -0.2) is 17.9 Å². The molecule has 0 spiro atoms. The normalized spacial score (nSPS) is 12.8. The highest BCUT2D eigenvalue weighted by molar-refractivity contribution is 7.89. The number of carboxylic acids is 1. The Kier molecular flexibility index (Phi) is 5.31. The van der Waals surface area contributed by atoms with Crippen LogP contribution in [-0.2, 0) is 17.1 Å². The fraction of sp³-hybridized carbons (Fsp3) is 0.188. The van der Waals surface area contributed by atoms with E-state index in [9.17, 15) is 18.3 Å². The number of hydrogen-bond acceptors (Lipinski definition) is 5. The van der Waals surface area contributed by atoms with E-state index in [1.807, 2.05) is 0 Å². The number of aryl methyl sites for hydroxylation is 1. The molecule has 1 unspecified atom stereocenters. The summed E-state index contributed by atoms with van der Waals surface area (Å²) in [4.78, 5) is 11.0. The minimum Gasteiger partial charge on any atom is -0.476 e. The second kappa shape index (κ2) is 7.51. The number of nitrogens with zero attached hydrogens (tertiary/aromatic N) is 4. The smallest absolute Gasteiger partial charge is 0.355 e. The lowest BCUT2D eigenvalue weighted by molar-refractivity contribution is 0.0680. The third-order valence-corrected chi connectivity index (χ3v) is 5.64. The van der Waals surface area contributed by atoms with Crippen LogP contribution < -0.4 is 4.72 Å². The molecule has 2 aromatic heterocycles. The van der Waals surface area contributed by atoms with Crippen molar-refractivity contribution in [2.75, 3.05) is 6.54 Å². The van der Waals surface area contributed by atoms with Gasteiger partial charge >= 0.3 is 5.97 Å². The van der Waals surface area contributed by atoms with E-state index in [0.717, 1.165) is 16.4 Å². The van der Waals surface area contributed by atoms with Gasteiger partial charge in [0.2, 0.25) is 10.0 Å². The molecule has 3 rings (SSSR count). The van der Waals surface area contributed by atoms with Crippen molar-refractivity contribution in [2.45, 2.75) is 10.9 Å². The Balaban J connectivity index is 1.89. The minimum absolute atomic E-state index is 0.0421. The first-order chi connectivity index (χ1) is 12.8. The maximum absolute atomic E-state index is 12.7. The van der Waals surface area contributed by atoms with Gasteiger partial charge in [-0.15, -0.1) is 0 Å². The Labute approximate surface area is 160 Å². The predicted molar refractivity (Wildman–Crippen MR) is 97.2 cm³/mol. The molecule has 0 aliphatic carbocycles. The van der Waals surface area contributed by atoms with Crippen LogP contribution in [0.15, 0.2) is 53.8 Å². The highest BCUT2D eigenvalue weighted by atomic mass is 35.5. The molecule has 0 aliphatic heterocycles. The molecule has 2 N–H and O–H groups in total. The van der Waals surface area contributed by atoms with Crippen molar-refractivity contribution in [2.24, 2.45) is 7.05 Å². The summed E-state index contributed by atoms with van der Waals surface area (Å²) in [6.45, 7) is -0.0421. The minimum atomic E-state index is -4.10. The third-order valence-electron chi connectivity index (χ3n) is 3.96. The van der Waals surface area contributed by atoms with Gasteiger partial charge < -0.3 is 5.11 Å². The molecule has 3 aromatic rings. The number of carboxylic acid groups (broad SMARTS) is 1. The summed E-state index contributed by atoms with van der Waals surface area (Å²) >= 11 is 5.92. The van der Waals surface area contributed by atoms with Gasteiger partial charge in [-0.3, -0.25) is 9.36 Å². The van der Waals surface area contributed by atoms with E-state index in [1.54, 1.807) is 47.4 Å². The second-order valence-electron chi connectivity index (χ2n) is 5.69. The van der Waals surface area contributed by atoms with Gasteiger partial charge in [0.25, 0.3) is 0 Å². The zero-order valence-corrected chi connectivity index (χ0v) is 15.7. The van der Waals surface area contributed by atoms with Crippen LogP contribution in [0.4, 0.5) is 0 Å². The molecule has 27 heavy (non-hydrogen) atoms. The summed E-state index contributed by atoms with van der Waals surface area (Å²) in [6, 6.07) is 8.22. The predicted octanol–water partition coefficient (Wildman–Crippen LogP) is 1.54. The van der Waals surface area contributed by atoms with E-state index in [4.69, 9.17) is 11.6 Å². The van der Waals surface area contributed by atoms with Gasteiger partial charge in [-0.2, -0.15) is 10.2 Å². The van der Waals surface area contributed by atoms with E-state index in [-0.39, 0.29) is 6.54 Å². The van der Waals surface area contributed by atoms with Crippen molar-refractivity contribution in [3.8, 4) is 0 Å². The Hall–Kier alpha value is -2.69. The monoisotopic (exact) mass is 409 g/mol. The third kappa shape index (κ3) is 4.02. The maximum atomic E-state index is 12.7. The van der Waals surface area contributed by atoms with Crippen LogP contribution in [0.3, 0.4) is 0 Å². The molecule has 142 valence electrons. The lowest BCUT2D eigenvalue weighted by Gasteiger charge is -2.19. The standard InChI is InChI=1S/C16H16ClN5O4S/c1-21-15(16(23)24)14(10-19-21)27(25,26)20-9-13(22-8-2-7-18-22)11-3-5-12(17)6-4-11/h2-8,10,13,20H,9H2,1H3,(H,23,24). The summed E-state index contributed by atoms with van der Waals surface area (Å²) in [5, 5.41) is 17.7. The van der Waals surface area contributed by atoms with Crippen LogP contribution in [0.25, 0.3) is 0 Å². The molecule has 0 amide bonds. The van der Waals surface area contributed by atoms with Crippen LogP contribution in [0.2, 0.25) is 5.02 Å². The van der Waals surface area contributed by atoms with Gasteiger partial charge in [0, 0.05) is 31.0 Å². The number of aromatic carboxylic acids is 1. The highest BCUT2D eigenvalue weighted by Gasteiger charge is 2.28. The average molecular weight is 410 g/mol. The van der Waals surface area contributed by atoms with Crippen molar-refractivity contribution < 1.29 is 18.3 Å². The van der Waals surface area contributed by atoms with Crippen LogP contribution in [0, 0.1) is 0 Å². The summed E-state index contributed by atoms with van der Waals surface area (Å²) in [7, 11) is -2.73. The van der Waals surface area contributed by atoms with Gasteiger partial charge in [0.1, 0.15) is 4.90 Å². The molecular weight excluding hydrogens is 394 g/mol. The zero-order chi connectivity index (χ0) is 19.6. The summed E-state index contributed by atoms with van der Waals surface area (Å²) in [5.74, 6) is -1.38. The molecule has 1 aromatic carbocycles. The highest BCUT2D eigenvalue weighted by Crippen LogP contribution is 2.21. The Morgan fingerprint density at radius 1 is 1.30 bits per heavy atom. The number of halogens is 1. The van der Waals surface area contributed by atoms with Crippen molar-refractivity contribution in [1.82, 2.24) is 24.3 Å². The lowest BCUT2D eigenvalue weighted by atomic mass is 10.1. The van der Waals surface area contributed by atoms with Crippen LogP contribution in [0.5, 0.6) is 0 Å². The number of carbonyl (C=O) groups is 1. The van der Waals surface area contributed by atoms with Gasteiger partial charge in [0.15, 0.2) is 5.69 Å². The summed E-state index contributed by atoms with van der Waals surface area (Å²) < 4.78 is 30.4. The first-order valence-corrected chi connectivity index (χ1v) is 9.65. The first kappa shape index (κ1) is 19.1. The summed E-state index contributed by atoms with van der Waals surface area (Å²) in [5.41, 5.74) is 0.375. The van der Waals surface area contributed by atoms with Crippen molar-refractivity contribution in [3.05, 3.63) is 65.2 Å². The second-order valence-corrected chi connectivity index (χ2v) is 7.86. The van der Waals surface area contributed by atoms with E-state index in [1.165, 1.54) is 7.05 Å². The van der Waals surface area contributed by atoms with E-state index >= 15 is 0 Å². The SMILES string of the molecule is Cn1ncc(S(=O)(=O)NCC(c2ccc(Cl)cc2)n2cccn2)c1C(=O)O. The number of aromatic nitrogens is 4. The van der Waals surface area contributed by atoms with Gasteiger partial charge in [-0.05, 0) is 23.8 Å². The Bertz CT molecular complexity index is 1050. The number of nitrogens with one attached hydrogen (secondary N) is 1. The Morgan fingerprint density at radius 3 is 2.59 bits per heavy atom. The van der Waals surface area contributed by atoms with Crippen LogP contribution in [0.1, 0.15) is 22.1 Å². The van der Waals surface area contributed by atoms with Gasteiger partial charge in [-0.1, -0.05) is 23.7 Å². The van der Waals surface area contributed by atoms with Crippen molar-refractivity contribution in [3.63, 3.8) is 0 Å². The number of sulfonamides is 1. The van der Waals surface area contributed by atoms with Crippen LogP contribution >= 0.6 is 11.6 Å². The first-order valence-electron chi connectivity index (χ1n) is 7.79. The average Bonchev–Trinajstić information content (AvgIpc) is 3.26. The van der Waals surface area contributed by atoms with Crippen LogP contribution in [-0.4, -0.2) is 45.6 Å². The molecule has 2 heterocycles. The fourth-order valence-electron chi connectivity index (χ4n) is 2.64. The number of hydrogen-bond donors (Lipinski definition) is 2. The molecule has 0 aliphatic rings. The molecule has 11 heteroatoms. The molecule has 1 atom stereocenters. The molecule has 9 nitrogen and oxygen atoms in total. The number of benzene rings is 1. The van der Waals surface area contributed by atoms with E-state index in [0.29, 0.717) is 5.02 Å². The molecule has 0 saturated heterocycles. The molecule has 0 radical (unpaired) electrons. The largest absolute Gasteiger partial charge is 0.476 e. The quantitative estimate of drug-likeness (QED) is 0.610. The lowest BCUT2D eigenvalue weighted by Crippen LogP contribution is -2.32. The topological polar surface area (TPSA) is 119 Å². The van der Waals surface area contributed by atoms with Gasteiger partial charge in [0.05, 0.1) is 12.2 Å². The van der Waals surface area contributed by atoms with E-state index in [2.05, 4.69) is 14.9 Å². The molecule has 0 bridgehead atoms. The van der Waals surface area contributed by atoms with Crippen molar-refractivity contribution in [1.29, 1.82) is 0 Å². The molecular formula is C16H16ClN5O4S. The maximum Gasteiger partial charge on any atom is 0.355 e. The molecule has 0 saturated carbocycles. The Morgan fingerprint density at radius 2 is 2.00 bits per heavy atom. The van der Waals surface area contributed by atoms with Crippen molar-refractivity contribution >= 4 is 27.6 Å². The van der Waals surface area contributed by atoms with E-state index < -0.39 is 32.6 Å². The summed E-state index contributed by atoms with van der Waals surface area (Å²) in [6.07, 6.45) is 4.30.